The van der Waals surface area contributed by atoms with Gasteiger partial charge in [-0.3, -0.25) is 0 Å². The first-order valence-electron chi connectivity index (χ1n) is 6.66. The molecule has 0 rings (SSSR count). The number of halogens is 1. The molecule has 0 aromatic carbocycles. The van der Waals surface area contributed by atoms with E-state index in [1.807, 2.05) is 27.7 Å². The minimum atomic E-state index is -0.452. The van der Waals surface area contributed by atoms with E-state index in [0.29, 0.717) is 0 Å². The van der Waals surface area contributed by atoms with Crippen molar-refractivity contribution in [2.75, 3.05) is 19.7 Å². The standard InChI is InChI=1S/C13H28N2O3.ClH/c1-11(7-9-14-8-5-6-10-16)15-12(17)18-13(2,3)4;/h11,14,16H,5-10H2,1-4H3,(H,15,17);1H/t11-;/m1./s1. The number of amides is 1. The second-order valence-electron chi connectivity index (χ2n) is 5.52. The van der Waals surface area contributed by atoms with E-state index in [1.165, 1.54) is 0 Å². The molecule has 0 aliphatic rings. The molecule has 19 heavy (non-hydrogen) atoms. The van der Waals surface area contributed by atoms with Crippen LogP contribution in [0.1, 0.15) is 47.0 Å². The maximum Gasteiger partial charge on any atom is 0.407 e. The summed E-state index contributed by atoms with van der Waals surface area (Å²) in [6, 6.07) is 0.0881. The fraction of sp³-hybridized carbons (Fsp3) is 0.923. The lowest BCUT2D eigenvalue weighted by molar-refractivity contribution is 0.0506. The van der Waals surface area contributed by atoms with E-state index in [2.05, 4.69) is 10.6 Å². The Labute approximate surface area is 122 Å². The highest BCUT2D eigenvalue weighted by Crippen LogP contribution is 2.06. The van der Waals surface area contributed by atoms with Crippen LogP contribution in [0.3, 0.4) is 0 Å². The van der Waals surface area contributed by atoms with Crippen molar-refractivity contribution in [2.45, 2.75) is 58.6 Å². The highest BCUT2D eigenvalue weighted by molar-refractivity contribution is 5.85. The number of carbonyl (C=O) groups is 1. The van der Waals surface area contributed by atoms with Crippen LogP contribution in [-0.4, -0.2) is 42.5 Å². The predicted octanol–water partition coefficient (Wildman–Crippen LogP) is 2.07. The number of rotatable bonds is 8. The van der Waals surface area contributed by atoms with Gasteiger partial charge in [0, 0.05) is 12.6 Å². The maximum absolute atomic E-state index is 11.5. The normalized spacial score (nSPS) is 12.5. The number of aliphatic hydroxyl groups is 1. The van der Waals surface area contributed by atoms with E-state index < -0.39 is 5.60 Å². The number of unbranched alkanes of at least 4 members (excludes halogenated alkanes) is 1. The van der Waals surface area contributed by atoms with Gasteiger partial charge in [-0.1, -0.05) is 0 Å². The Balaban J connectivity index is 0. The average molecular weight is 297 g/mol. The molecule has 1 amide bonds. The Morgan fingerprint density at radius 2 is 1.89 bits per heavy atom. The van der Waals surface area contributed by atoms with Crippen LogP contribution in [0.5, 0.6) is 0 Å². The van der Waals surface area contributed by atoms with Crippen LogP contribution in [0.2, 0.25) is 0 Å². The maximum atomic E-state index is 11.5. The van der Waals surface area contributed by atoms with Crippen molar-refractivity contribution < 1.29 is 14.6 Å². The molecule has 0 radical (unpaired) electrons. The van der Waals surface area contributed by atoms with Gasteiger partial charge >= 0.3 is 6.09 Å². The molecule has 0 aliphatic heterocycles. The van der Waals surface area contributed by atoms with Crippen molar-refractivity contribution in [1.29, 1.82) is 0 Å². The number of hydrogen-bond donors (Lipinski definition) is 3. The van der Waals surface area contributed by atoms with Crippen molar-refractivity contribution in [3.05, 3.63) is 0 Å². The molecular weight excluding hydrogens is 268 g/mol. The van der Waals surface area contributed by atoms with Crippen LogP contribution in [0.15, 0.2) is 0 Å². The fourth-order valence-corrected chi connectivity index (χ4v) is 1.39. The fourth-order valence-electron chi connectivity index (χ4n) is 1.39. The Bertz CT molecular complexity index is 232. The summed E-state index contributed by atoms with van der Waals surface area (Å²) in [5.41, 5.74) is -0.452. The summed E-state index contributed by atoms with van der Waals surface area (Å²) in [7, 11) is 0. The summed E-state index contributed by atoms with van der Waals surface area (Å²) in [6.45, 7) is 9.50. The molecule has 5 nitrogen and oxygen atoms in total. The molecular formula is C13H29ClN2O3. The zero-order valence-electron chi connectivity index (χ0n) is 12.5. The summed E-state index contributed by atoms with van der Waals surface area (Å²) in [5.74, 6) is 0. The predicted molar refractivity (Wildman–Crippen MR) is 79.9 cm³/mol. The van der Waals surface area contributed by atoms with Crippen LogP contribution in [0.4, 0.5) is 4.79 Å². The first-order valence-corrected chi connectivity index (χ1v) is 6.66. The molecule has 0 aromatic heterocycles. The van der Waals surface area contributed by atoms with Gasteiger partial charge in [0.25, 0.3) is 0 Å². The number of aliphatic hydroxyl groups excluding tert-OH is 1. The molecule has 116 valence electrons. The van der Waals surface area contributed by atoms with Crippen molar-refractivity contribution in [2.24, 2.45) is 0 Å². The van der Waals surface area contributed by atoms with Crippen LogP contribution in [0.25, 0.3) is 0 Å². The molecule has 0 saturated carbocycles. The SMILES string of the molecule is C[C@H](CCNCCCCO)NC(=O)OC(C)(C)C.Cl. The Morgan fingerprint density at radius 1 is 1.26 bits per heavy atom. The molecule has 0 unspecified atom stereocenters. The van der Waals surface area contributed by atoms with Crippen LogP contribution in [-0.2, 0) is 4.74 Å². The van der Waals surface area contributed by atoms with Crippen molar-refractivity contribution >= 4 is 18.5 Å². The lowest BCUT2D eigenvalue weighted by Gasteiger charge is -2.22. The van der Waals surface area contributed by atoms with E-state index in [0.717, 1.165) is 32.4 Å². The van der Waals surface area contributed by atoms with Gasteiger partial charge in [0.05, 0.1) is 0 Å². The minimum Gasteiger partial charge on any atom is -0.444 e. The summed E-state index contributed by atoms with van der Waals surface area (Å²) >= 11 is 0. The van der Waals surface area contributed by atoms with E-state index in [4.69, 9.17) is 9.84 Å². The quantitative estimate of drug-likeness (QED) is 0.600. The van der Waals surface area contributed by atoms with Crippen molar-refractivity contribution in [3.8, 4) is 0 Å². The van der Waals surface area contributed by atoms with E-state index in [1.54, 1.807) is 0 Å². The topological polar surface area (TPSA) is 70.6 Å². The van der Waals surface area contributed by atoms with E-state index in [9.17, 15) is 4.79 Å². The van der Waals surface area contributed by atoms with Gasteiger partial charge in [0.1, 0.15) is 5.60 Å². The van der Waals surface area contributed by atoms with Crippen LogP contribution in [0, 0.1) is 0 Å². The van der Waals surface area contributed by atoms with Crippen LogP contribution >= 0.6 is 12.4 Å². The lowest BCUT2D eigenvalue weighted by atomic mass is 10.2. The molecule has 0 fully saturated rings. The van der Waals surface area contributed by atoms with Gasteiger partial charge in [0.15, 0.2) is 0 Å². The number of nitrogens with one attached hydrogen (secondary N) is 2. The largest absolute Gasteiger partial charge is 0.444 e. The number of alkyl carbamates (subject to hydrolysis) is 1. The lowest BCUT2D eigenvalue weighted by Crippen LogP contribution is -2.39. The number of ether oxygens (including phenoxy) is 1. The van der Waals surface area contributed by atoms with Gasteiger partial charge in [-0.05, 0) is 60.0 Å². The molecule has 0 spiro atoms. The molecule has 6 heteroatoms. The third-order valence-electron chi connectivity index (χ3n) is 2.28. The highest BCUT2D eigenvalue weighted by atomic mass is 35.5. The molecule has 0 aromatic rings. The zero-order valence-corrected chi connectivity index (χ0v) is 13.3. The molecule has 0 aliphatic carbocycles. The second kappa shape index (κ2) is 11.3. The summed E-state index contributed by atoms with van der Waals surface area (Å²) < 4.78 is 5.17. The molecule has 0 saturated heterocycles. The van der Waals surface area contributed by atoms with E-state index in [-0.39, 0.29) is 31.1 Å². The Kier molecular flexibility index (Phi) is 12.4. The summed E-state index contributed by atoms with van der Waals surface area (Å²) in [6.07, 6.45) is 2.30. The average Bonchev–Trinajstić information content (AvgIpc) is 2.20. The molecule has 1 atom stereocenters. The zero-order chi connectivity index (χ0) is 14.0. The van der Waals surface area contributed by atoms with Crippen molar-refractivity contribution in [1.82, 2.24) is 10.6 Å². The second-order valence-corrected chi connectivity index (χ2v) is 5.52. The van der Waals surface area contributed by atoms with Crippen LogP contribution < -0.4 is 10.6 Å². The number of carbonyl (C=O) groups excluding carboxylic acids is 1. The molecule has 0 heterocycles. The van der Waals surface area contributed by atoms with Crippen molar-refractivity contribution in [3.63, 3.8) is 0 Å². The summed E-state index contributed by atoms with van der Waals surface area (Å²) in [4.78, 5) is 11.5. The molecule has 0 bridgehead atoms. The smallest absolute Gasteiger partial charge is 0.407 e. The highest BCUT2D eigenvalue weighted by Gasteiger charge is 2.17. The summed E-state index contributed by atoms with van der Waals surface area (Å²) in [5, 5.41) is 14.7. The first kappa shape index (κ1) is 20.8. The first-order chi connectivity index (χ1) is 8.35. The third-order valence-corrected chi connectivity index (χ3v) is 2.28. The van der Waals surface area contributed by atoms with Gasteiger partial charge in [0.2, 0.25) is 0 Å². The Hall–Kier alpha value is -0.520. The van der Waals surface area contributed by atoms with E-state index >= 15 is 0 Å². The third kappa shape index (κ3) is 15.4. The Morgan fingerprint density at radius 3 is 2.42 bits per heavy atom. The van der Waals surface area contributed by atoms with Gasteiger partial charge in [-0.2, -0.15) is 0 Å². The number of hydrogen-bond acceptors (Lipinski definition) is 4. The van der Waals surface area contributed by atoms with Gasteiger partial charge < -0.3 is 20.5 Å². The monoisotopic (exact) mass is 296 g/mol. The molecule has 3 N–H and O–H groups in total. The van der Waals surface area contributed by atoms with Gasteiger partial charge in [-0.15, -0.1) is 12.4 Å². The van der Waals surface area contributed by atoms with Gasteiger partial charge in [-0.25, -0.2) is 4.79 Å². The minimum absolute atomic E-state index is 0.